The molecule has 1 fully saturated rings. The summed E-state index contributed by atoms with van der Waals surface area (Å²) in [5, 5.41) is 3.71. The van der Waals surface area contributed by atoms with Crippen molar-refractivity contribution in [2.75, 3.05) is 23.3 Å². The normalized spacial score (nSPS) is 15.0. The van der Waals surface area contributed by atoms with Gasteiger partial charge in [0.15, 0.2) is 5.65 Å². The number of anilines is 2. The Morgan fingerprint density at radius 1 is 0.964 bits per heavy atom. The summed E-state index contributed by atoms with van der Waals surface area (Å²) in [6, 6.07) is 6.46. The molecule has 3 aromatic rings. The van der Waals surface area contributed by atoms with Gasteiger partial charge in [-0.1, -0.05) is 6.07 Å². The maximum atomic E-state index is 13.2. The molecule has 28 heavy (non-hydrogen) atoms. The Bertz CT molecular complexity index is 969. The third-order valence-corrected chi connectivity index (χ3v) is 4.70. The van der Waals surface area contributed by atoms with Crippen molar-refractivity contribution < 1.29 is 13.2 Å². The van der Waals surface area contributed by atoms with Crippen molar-refractivity contribution in [1.82, 2.24) is 19.9 Å². The van der Waals surface area contributed by atoms with Gasteiger partial charge in [-0.25, -0.2) is 4.98 Å². The molecular formula is C19H19F3N6. The molecule has 0 spiro atoms. The monoisotopic (exact) mass is 388 g/mol. The molecule has 9 heteroatoms. The van der Waals surface area contributed by atoms with Crippen LogP contribution in [0.5, 0.6) is 0 Å². The van der Waals surface area contributed by atoms with Crippen LogP contribution >= 0.6 is 0 Å². The number of rotatable bonds is 4. The lowest BCUT2D eigenvalue weighted by atomic mass is 10.1. The molecule has 0 unspecified atom stereocenters. The van der Waals surface area contributed by atoms with Crippen LogP contribution in [0.3, 0.4) is 0 Å². The number of halogens is 3. The Hall–Kier alpha value is -2.97. The predicted octanol–water partition coefficient (Wildman–Crippen LogP) is 4.04. The first-order valence-corrected chi connectivity index (χ1v) is 9.15. The molecule has 1 aliphatic heterocycles. The van der Waals surface area contributed by atoms with E-state index in [1.54, 1.807) is 18.3 Å². The van der Waals surface area contributed by atoms with E-state index < -0.39 is 11.9 Å². The molecule has 0 amide bonds. The highest BCUT2D eigenvalue weighted by Gasteiger charge is 2.34. The lowest BCUT2D eigenvalue weighted by Gasteiger charge is -2.27. The number of fused-ring (bicyclic) bond motifs is 1. The molecule has 0 atom stereocenters. The maximum Gasteiger partial charge on any atom is 0.433 e. The second kappa shape index (κ2) is 7.57. The van der Waals surface area contributed by atoms with Gasteiger partial charge in [-0.05, 0) is 37.5 Å². The first kappa shape index (κ1) is 18.4. The third-order valence-electron chi connectivity index (χ3n) is 4.70. The van der Waals surface area contributed by atoms with Crippen LogP contribution in [-0.4, -0.2) is 33.0 Å². The molecule has 0 saturated carbocycles. The van der Waals surface area contributed by atoms with Gasteiger partial charge in [0.05, 0.1) is 5.39 Å². The largest absolute Gasteiger partial charge is 0.433 e. The molecule has 0 aliphatic carbocycles. The Kier molecular flexibility index (Phi) is 4.97. The first-order chi connectivity index (χ1) is 13.5. The molecule has 4 rings (SSSR count). The van der Waals surface area contributed by atoms with Gasteiger partial charge in [0.25, 0.3) is 0 Å². The Labute approximate surface area is 159 Å². The summed E-state index contributed by atoms with van der Waals surface area (Å²) in [5.41, 5.74) is -0.316. The number of pyridine rings is 2. The smallest absolute Gasteiger partial charge is 0.365 e. The molecule has 1 saturated heterocycles. The zero-order valence-electron chi connectivity index (χ0n) is 15.1. The summed E-state index contributed by atoms with van der Waals surface area (Å²) in [7, 11) is 0. The fraction of sp³-hybridized carbons (Fsp3) is 0.368. The maximum absolute atomic E-state index is 13.2. The molecule has 0 bridgehead atoms. The van der Waals surface area contributed by atoms with Crippen molar-refractivity contribution >= 4 is 22.8 Å². The van der Waals surface area contributed by atoms with Gasteiger partial charge in [0.2, 0.25) is 5.95 Å². The third kappa shape index (κ3) is 3.83. The number of nitrogens with zero attached hydrogens (tertiary/aromatic N) is 5. The Morgan fingerprint density at radius 2 is 1.71 bits per heavy atom. The van der Waals surface area contributed by atoms with Gasteiger partial charge < -0.3 is 10.2 Å². The van der Waals surface area contributed by atoms with E-state index in [-0.39, 0.29) is 12.1 Å². The van der Waals surface area contributed by atoms with Crippen LogP contribution in [0.4, 0.5) is 24.9 Å². The highest BCUT2D eigenvalue weighted by Crippen LogP contribution is 2.31. The standard InChI is InChI=1S/C19H19F3N6/c20-19(21,22)15-13(6-4-8-23-15)12-25-17-14-7-5-9-24-16(14)26-18(27-17)28-10-2-1-3-11-28/h4-9H,1-3,10-12H2,(H,24,25,26,27). The number of nitrogens with one attached hydrogen (secondary N) is 1. The number of alkyl halides is 3. The molecule has 0 aromatic carbocycles. The average molecular weight is 388 g/mol. The molecule has 6 nitrogen and oxygen atoms in total. The average Bonchev–Trinajstić information content (AvgIpc) is 2.72. The second-order valence-corrected chi connectivity index (χ2v) is 6.66. The first-order valence-electron chi connectivity index (χ1n) is 9.15. The van der Waals surface area contributed by atoms with Gasteiger partial charge in [-0.3, -0.25) is 4.98 Å². The fourth-order valence-electron chi connectivity index (χ4n) is 3.34. The summed E-state index contributed by atoms with van der Waals surface area (Å²) in [6.07, 6.45) is 1.59. The van der Waals surface area contributed by atoms with E-state index in [1.807, 2.05) is 0 Å². The van der Waals surface area contributed by atoms with E-state index in [9.17, 15) is 13.2 Å². The summed E-state index contributed by atoms with van der Waals surface area (Å²) >= 11 is 0. The lowest BCUT2D eigenvalue weighted by molar-refractivity contribution is -0.141. The number of hydrogen-bond donors (Lipinski definition) is 1. The topological polar surface area (TPSA) is 66.8 Å². The quantitative estimate of drug-likeness (QED) is 0.728. The summed E-state index contributed by atoms with van der Waals surface area (Å²) in [4.78, 5) is 19.0. The highest BCUT2D eigenvalue weighted by atomic mass is 19.4. The van der Waals surface area contributed by atoms with E-state index in [1.165, 1.54) is 18.6 Å². The van der Waals surface area contributed by atoms with Crippen molar-refractivity contribution in [3.05, 3.63) is 47.9 Å². The van der Waals surface area contributed by atoms with Crippen LogP contribution < -0.4 is 10.2 Å². The number of piperidine rings is 1. The zero-order valence-corrected chi connectivity index (χ0v) is 15.1. The highest BCUT2D eigenvalue weighted by molar-refractivity contribution is 5.87. The summed E-state index contributed by atoms with van der Waals surface area (Å²) in [6.45, 7) is 1.67. The van der Waals surface area contributed by atoms with Crippen molar-refractivity contribution in [3.8, 4) is 0 Å². The fourth-order valence-corrected chi connectivity index (χ4v) is 3.34. The SMILES string of the molecule is FC(F)(F)c1ncccc1CNc1nc(N2CCCCC2)nc2ncccc12. The van der Waals surface area contributed by atoms with Gasteiger partial charge in [-0.15, -0.1) is 0 Å². The van der Waals surface area contributed by atoms with Crippen LogP contribution in [0.25, 0.3) is 11.0 Å². The molecular weight excluding hydrogens is 369 g/mol. The molecule has 3 aromatic heterocycles. The van der Waals surface area contributed by atoms with Gasteiger partial charge in [-0.2, -0.15) is 23.1 Å². The van der Waals surface area contributed by atoms with Crippen molar-refractivity contribution in [2.24, 2.45) is 0 Å². The molecule has 4 heterocycles. The van der Waals surface area contributed by atoms with E-state index in [0.29, 0.717) is 22.8 Å². The van der Waals surface area contributed by atoms with Gasteiger partial charge in [0.1, 0.15) is 11.5 Å². The molecule has 1 aliphatic rings. The van der Waals surface area contributed by atoms with E-state index in [0.717, 1.165) is 32.1 Å². The van der Waals surface area contributed by atoms with Gasteiger partial charge >= 0.3 is 6.18 Å². The number of aromatic nitrogens is 4. The second-order valence-electron chi connectivity index (χ2n) is 6.66. The van der Waals surface area contributed by atoms with Crippen molar-refractivity contribution in [1.29, 1.82) is 0 Å². The van der Waals surface area contributed by atoms with Crippen molar-refractivity contribution in [3.63, 3.8) is 0 Å². The molecule has 1 N–H and O–H groups in total. The van der Waals surface area contributed by atoms with Crippen LogP contribution in [-0.2, 0) is 12.7 Å². The minimum Gasteiger partial charge on any atom is -0.365 e. The van der Waals surface area contributed by atoms with Crippen LogP contribution in [0, 0.1) is 0 Å². The minimum absolute atomic E-state index is 0.0524. The van der Waals surface area contributed by atoms with E-state index in [4.69, 9.17) is 0 Å². The van der Waals surface area contributed by atoms with Gasteiger partial charge in [0, 0.05) is 37.6 Å². The van der Waals surface area contributed by atoms with Crippen LogP contribution in [0.1, 0.15) is 30.5 Å². The summed E-state index contributed by atoms with van der Waals surface area (Å²) < 4.78 is 39.6. The summed E-state index contributed by atoms with van der Waals surface area (Å²) in [5.74, 6) is 1.02. The van der Waals surface area contributed by atoms with Crippen LogP contribution in [0.15, 0.2) is 36.7 Å². The number of hydrogen-bond acceptors (Lipinski definition) is 6. The van der Waals surface area contributed by atoms with E-state index in [2.05, 4.69) is 30.2 Å². The Balaban J connectivity index is 1.67. The molecule has 0 radical (unpaired) electrons. The Morgan fingerprint density at radius 3 is 2.50 bits per heavy atom. The van der Waals surface area contributed by atoms with Crippen LogP contribution in [0.2, 0.25) is 0 Å². The van der Waals surface area contributed by atoms with E-state index >= 15 is 0 Å². The molecule has 146 valence electrons. The minimum atomic E-state index is -4.51. The van der Waals surface area contributed by atoms with Crippen molar-refractivity contribution in [2.45, 2.75) is 32.0 Å². The predicted molar refractivity (Wildman–Crippen MR) is 100.0 cm³/mol. The zero-order chi connectivity index (χ0) is 19.6. The lowest BCUT2D eigenvalue weighted by Crippen LogP contribution is -2.31.